The zero-order valence-electron chi connectivity index (χ0n) is 9.33. The minimum absolute atomic E-state index is 0.0449. The summed E-state index contributed by atoms with van der Waals surface area (Å²) >= 11 is 3.35. The zero-order valence-corrected chi connectivity index (χ0v) is 10.9. The molecule has 0 bridgehead atoms. The lowest BCUT2D eigenvalue weighted by Gasteiger charge is -2.41. The third-order valence-corrected chi connectivity index (χ3v) is 3.31. The van der Waals surface area contributed by atoms with Crippen molar-refractivity contribution in [2.24, 2.45) is 0 Å². The van der Waals surface area contributed by atoms with Gasteiger partial charge in [0.05, 0.1) is 0 Å². The Morgan fingerprint density at radius 3 is 2.88 bits per heavy atom. The minimum atomic E-state index is -0.543. The molecule has 0 saturated carbocycles. The van der Waals surface area contributed by atoms with Crippen molar-refractivity contribution < 1.29 is 4.79 Å². The fraction of sp³-hybridized carbons (Fsp3) is 0.455. The van der Waals surface area contributed by atoms with Gasteiger partial charge in [-0.15, -0.1) is 0 Å². The molecule has 1 aromatic heterocycles. The number of hydrogen-bond donors (Lipinski definition) is 1. The molecular weight excluding hydrogens is 270 g/mol. The van der Waals surface area contributed by atoms with E-state index in [4.69, 9.17) is 0 Å². The van der Waals surface area contributed by atoms with E-state index >= 15 is 0 Å². The number of pyridine rings is 1. The summed E-state index contributed by atoms with van der Waals surface area (Å²) in [6, 6.07) is 3.86. The van der Waals surface area contributed by atoms with Crippen molar-refractivity contribution in [1.82, 2.24) is 10.3 Å². The number of hydrogen-bond acceptors (Lipinski definition) is 3. The molecule has 5 heteroatoms. The van der Waals surface area contributed by atoms with E-state index in [2.05, 4.69) is 26.2 Å². The highest BCUT2D eigenvalue weighted by Crippen LogP contribution is 2.24. The first-order valence-corrected chi connectivity index (χ1v) is 5.98. The average molecular weight is 284 g/mol. The Bertz CT molecular complexity index is 402. The van der Waals surface area contributed by atoms with E-state index < -0.39 is 5.54 Å². The molecule has 2 heterocycles. The van der Waals surface area contributed by atoms with Gasteiger partial charge in [-0.05, 0) is 41.9 Å². The van der Waals surface area contributed by atoms with Crippen molar-refractivity contribution in [2.75, 3.05) is 18.0 Å². The number of piperazine rings is 1. The molecule has 1 amide bonds. The van der Waals surface area contributed by atoms with E-state index in [0.717, 1.165) is 16.8 Å². The fourth-order valence-electron chi connectivity index (χ4n) is 1.83. The van der Waals surface area contributed by atoms with Crippen LogP contribution in [-0.2, 0) is 4.79 Å². The first-order chi connectivity index (χ1) is 7.51. The molecule has 0 unspecified atom stereocenters. The number of aromatic nitrogens is 1. The van der Waals surface area contributed by atoms with Gasteiger partial charge in [0, 0.05) is 23.8 Å². The second kappa shape index (κ2) is 4.05. The van der Waals surface area contributed by atoms with Crippen LogP contribution in [0.5, 0.6) is 0 Å². The summed E-state index contributed by atoms with van der Waals surface area (Å²) in [5.41, 5.74) is -0.543. The predicted octanol–water partition coefficient (Wildman–Crippen LogP) is 1.56. The van der Waals surface area contributed by atoms with Gasteiger partial charge in [-0.25, -0.2) is 4.98 Å². The van der Waals surface area contributed by atoms with Crippen molar-refractivity contribution in [3.05, 3.63) is 22.8 Å². The van der Waals surface area contributed by atoms with Crippen LogP contribution in [-0.4, -0.2) is 29.5 Å². The third-order valence-electron chi connectivity index (χ3n) is 2.84. The second-order valence-electron chi connectivity index (χ2n) is 4.30. The van der Waals surface area contributed by atoms with Gasteiger partial charge in [-0.2, -0.15) is 0 Å². The maximum atomic E-state index is 11.8. The third kappa shape index (κ3) is 1.91. The number of nitrogens with zero attached hydrogens (tertiary/aromatic N) is 2. The van der Waals surface area contributed by atoms with Crippen LogP contribution >= 0.6 is 15.9 Å². The second-order valence-corrected chi connectivity index (χ2v) is 5.22. The molecule has 0 spiro atoms. The van der Waals surface area contributed by atoms with Crippen LogP contribution in [0.2, 0.25) is 0 Å². The molecule has 0 aromatic carbocycles. The number of rotatable bonds is 1. The molecule has 0 atom stereocenters. The maximum Gasteiger partial charge on any atom is 0.245 e. The molecule has 86 valence electrons. The summed E-state index contributed by atoms with van der Waals surface area (Å²) in [6.45, 7) is 5.27. The van der Waals surface area contributed by atoms with Gasteiger partial charge in [0.2, 0.25) is 5.91 Å². The van der Waals surface area contributed by atoms with Gasteiger partial charge in [0.25, 0.3) is 0 Å². The number of anilines is 1. The van der Waals surface area contributed by atoms with Crippen LogP contribution in [0, 0.1) is 0 Å². The molecule has 1 saturated heterocycles. The van der Waals surface area contributed by atoms with E-state index in [9.17, 15) is 4.79 Å². The zero-order chi connectivity index (χ0) is 11.8. The molecular formula is C11H14BrN3O. The van der Waals surface area contributed by atoms with Crippen LogP contribution in [0.25, 0.3) is 0 Å². The van der Waals surface area contributed by atoms with E-state index in [1.54, 1.807) is 6.20 Å². The predicted molar refractivity (Wildman–Crippen MR) is 66.4 cm³/mol. The van der Waals surface area contributed by atoms with Crippen molar-refractivity contribution >= 4 is 27.7 Å². The van der Waals surface area contributed by atoms with Crippen molar-refractivity contribution in [2.45, 2.75) is 19.4 Å². The van der Waals surface area contributed by atoms with Crippen molar-refractivity contribution in [3.8, 4) is 0 Å². The highest BCUT2D eigenvalue weighted by atomic mass is 79.9. The summed E-state index contributed by atoms with van der Waals surface area (Å²) in [4.78, 5) is 18.1. The van der Waals surface area contributed by atoms with Gasteiger partial charge in [-0.1, -0.05) is 0 Å². The number of nitrogens with one attached hydrogen (secondary N) is 1. The van der Waals surface area contributed by atoms with E-state index in [-0.39, 0.29) is 5.91 Å². The lowest BCUT2D eigenvalue weighted by Crippen LogP contribution is -2.62. The summed E-state index contributed by atoms with van der Waals surface area (Å²) < 4.78 is 0.940. The lowest BCUT2D eigenvalue weighted by atomic mass is 9.99. The molecule has 0 radical (unpaired) electrons. The maximum absolute atomic E-state index is 11.8. The SMILES string of the molecule is CC1(C)C(=O)NCCN1c1ccc(Br)cn1. The van der Waals surface area contributed by atoms with E-state index in [1.165, 1.54) is 0 Å². The van der Waals surface area contributed by atoms with Crippen LogP contribution in [0.3, 0.4) is 0 Å². The monoisotopic (exact) mass is 283 g/mol. The van der Waals surface area contributed by atoms with E-state index in [1.807, 2.05) is 30.9 Å². The van der Waals surface area contributed by atoms with Crippen LogP contribution in [0.15, 0.2) is 22.8 Å². The van der Waals surface area contributed by atoms with E-state index in [0.29, 0.717) is 6.54 Å². The van der Waals surface area contributed by atoms with Crippen molar-refractivity contribution in [3.63, 3.8) is 0 Å². The summed E-state index contributed by atoms with van der Waals surface area (Å²) in [7, 11) is 0. The quantitative estimate of drug-likeness (QED) is 0.851. The van der Waals surface area contributed by atoms with Gasteiger partial charge >= 0.3 is 0 Å². The molecule has 1 aliphatic rings. The molecule has 1 N–H and O–H groups in total. The normalized spacial score (nSPS) is 19.4. The Morgan fingerprint density at radius 2 is 2.25 bits per heavy atom. The number of carbonyl (C=O) groups is 1. The van der Waals surface area contributed by atoms with Gasteiger partial charge < -0.3 is 10.2 Å². The molecule has 2 rings (SSSR count). The Hall–Kier alpha value is -1.10. The van der Waals surface area contributed by atoms with Crippen molar-refractivity contribution in [1.29, 1.82) is 0 Å². The fourth-order valence-corrected chi connectivity index (χ4v) is 2.06. The summed E-state index contributed by atoms with van der Waals surface area (Å²) in [6.07, 6.45) is 1.75. The number of halogens is 1. The topological polar surface area (TPSA) is 45.2 Å². The van der Waals surface area contributed by atoms with Gasteiger partial charge in [-0.3, -0.25) is 4.79 Å². The molecule has 0 aliphatic carbocycles. The summed E-state index contributed by atoms with van der Waals surface area (Å²) in [5, 5.41) is 2.87. The van der Waals surface area contributed by atoms with Crippen LogP contribution in [0.4, 0.5) is 5.82 Å². The van der Waals surface area contributed by atoms with Gasteiger partial charge in [0.1, 0.15) is 11.4 Å². The Morgan fingerprint density at radius 1 is 1.50 bits per heavy atom. The average Bonchev–Trinajstić information content (AvgIpc) is 2.24. The largest absolute Gasteiger partial charge is 0.352 e. The highest BCUT2D eigenvalue weighted by molar-refractivity contribution is 9.10. The standard InChI is InChI=1S/C11H14BrN3O/c1-11(2)10(16)13-5-6-15(11)9-4-3-8(12)7-14-9/h3-4,7H,5-6H2,1-2H3,(H,13,16). The highest BCUT2D eigenvalue weighted by Gasteiger charge is 2.38. The molecule has 4 nitrogen and oxygen atoms in total. The van der Waals surface area contributed by atoms with Gasteiger partial charge in [0.15, 0.2) is 0 Å². The lowest BCUT2D eigenvalue weighted by molar-refractivity contribution is -0.126. The molecule has 1 aliphatic heterocycles. The number of amides is 1. The minimum Gasteiger partial charge on any atom is -0.352 e. The Kier molecular flexibility index (Phi) is 2.88. The first kappa shape index (κ1) is 11.4. The Labute approximate surface area is 103 Å². The molecule has 1 fully saturated rings. The summed E-state index contributed by atoms with van der Waals surface area (Å²) in [5.74, 6) is 0.881. The smallest absolute Gasteiger partial charge is 0.245 e. The molecule has 1 aromatic rings. The van der Waals surface area contributed by atoms with Crippen LogP contribution in [0.1, 0.15) is 13.8 Å². The first-order valence-electron chi connectivity index (χ1n) is 5.19. The number of carbonyl (C=O) groups excluding carboxylic acids is 1. The Balaban J connectivity index is 2.32. The van der Waals surface area contributed by atoms with Crippen LogP contribution < -0.4 is 10.2 Å². The molecule has 16 heavy (non-hydrogen) atoms.